The van der Waals surface area contributed by atoms with Crippen LogP contribution in [0.3, 0.4) is 0 Å². The van der Waals surface area contributed by atoms with E-state index >= 15 is 0 Å². The molecule has 134 valence electrons. The van der Waals surface area contributed by atoms with Crippen molar-refractivity contribution in [1.82, 2.24) is 29.6 Å². The first-order chi connectivity index (χ1) is 13.8. The number of aromatic nitrogens is 6. The van der Waals surface area contributed by atoms with Gasteiger partial charge in [0, 0.05) is 17.0 Å². The fourth-order valence-corrected chi connectivity index (χ4v) is 3.58. The van der Waals surface area contributed by atoms with Gasteiger partial charge in [-0.25, -0.2) is 19.0 Å². The van der Waals surface area contributed by atoms with Gasteiger partial charge in [0.05, 0.1) is 5.52 Å². The lowest BCUT2D eigenvalue weighted by Gasteiger charge is -2.02. The first-order valence-electron chi connectivity index (χ1n) is 8.76. The number of para-hydroxylation sites is 2. The van der Waals surface area contributed by atoms with Gasteiger partial charge in [0.1, 0.15) is 23.0 Å². The van der Waals surface area contributed by atoms with E-state index in [-0.39, 0.29) is 0 Å². The van der Waals surface area contributed by atoms with E-state index in [0.717, 1.165) is 21.8 Å². The molecule has 0 bridgehead atoms. The van der Waals surface area contributed by atoms with Crippen molar-refractivity contribution in [3.8, 4) is 0 Å². The maximum Gasteiger partial charge on any atom is 0.348 e. The Morgan fingerprint density at radius 1 is 0.964 bits per heavy atom. The molecule has 0 aliphatic heterocycles. The van der Waals surface area contributed by atoms with Crippen molar-refractivity contribution in [1.29, 1.82) is 0 Å². The number of benzene rings is 2. The second kappa shape index (κ2) is 5.46. The van der Waals surface area contributed by atoms with Crippen molar-refractivity contribution >= 4 is 38.4 Å². The Balaban J connectivity index is 1.57. The van der Waals surface area contributed by atoms with E-state index < -0.39 is 5.63 Å². The fourth-order valence-electron chi connectivity index (χ4n) is 3.58. The third kappa shape index (κ3) is 2.08. The number of nitrogens with zero attached hydrogens (tertiary/aromatic N) is 6. The zero-order valence-electron chi connectivity index (χ0n) is 14.5. The lowest BCUT2D eigenvalue weighted by Crippen LogP contribution is -2.03. The Hall–Kier alpha value is -4.07. The second-order valence-corrected chi connectivity index (χ2v) is 6.52. The molecule has 6 aromatic rings. The Morgan fingerprint density at radius 2 is 1.82 bits per heavy atom. The van der Waals surface area contributed by atoms with Crippen LogP contribution >= 0.6 is 0 Å². The average Bonchev–Trinajstić information content (AvgIpc) is 3.32. The van der Waals surface area contributed by atoms with Crippen molar-refractivity contribution in [2.75, 3.05) is 0 Å². The summed E-state index contributed by atoms with van der Waals surface area (Å²) in [6, 6.07) is 17.0. The molecule has 0 radical (unpaired) electrons. The van der Waals surface area contributed by atoms with E-state index in [2.05, 4.69) is 20.4 Å². The summed E-state index contributed by atoms with van der Waals surface area (Å²) in [5.74, 6) is 0.538. The largest absolute Gasteiger partial charge is 0.422 e. The average molecular weight is 368 g/mol. The molecular weight excluding hydrogens is 356 g/mol. The summed E-state index contributed by atoms with van der Waals surface area (Å²) in [4.78, 5) is 17.2. The van der Waals surface area contributed by atoms with E-state index in [1.54, 1.807) is 21.5 Å². The third-order valence-corrected chi connectivity index (χ3v) is 4.85. The number of hydrogen-bond donors (Lipinski definition) is 0. The molecular formula is C20H12N6O2. The Morgan fingerprint density at radius 3 is 2.79 bits per heavy atom. The van der Waals surface area contributed by atoms with Gasteiger partial charge >= 0.3 is 5.63 Å². The monoisotopic (exact) mass is 368 g/mol. The molecule has 8 heteroatoms. The molecule has 0 atom stereocenters. The summed E-state index contributed by atoms with van der Waals surface area (Å²) in [5, 5.41) is 14.9. The third-order valence-electron chi connectivity index (χ3n) is 4.85. The van der Waals surface area contributed by atoms with E-state index in [9.17, 15) is 4.79 Å². The first kappa shape index (κ1) is 15.0. The van der Waals surface area contributed by atoms with Crippen LogP contribution in [0.1, 0.15) is 5.82 Å². The van der Waals surface area contributed by atoms with E-state index in [1.165, 1.54) is 0 Å². The molecule has 0 saturated carbocycles. The summed E-state index contributed by atoms with van der Waals surface area (Å²) >= 11 is 0. The summed E-state index contributed by atoms with van der Waals surface area (Å²) in [7, 11) is 0. The molecule has 0 aliphatic carbocycles. The fraction of sp³-hybridized carbons (Fsp3) is 0.0500. The number of fused-ring (bicyclic) bond motifs is 6. The molecule has 0 saturated heterocycles. The van der Waals surface area contributed by atoms with Crippen molar-refractivity contribution in [3.63, 3.8) is 0 Å². The quantitative estimate of drug-likeness (QED) is 0.345. The van der Waals surface area contributed by atoms with Gasteiger partial charge < -0.3 is 4.42 Å². The van der Waals surface area contributed by atoms with Crippen LogP contribution in [0.4, 0.5) is 0 Å². The van der Waals surface area contributed by atoms with Crippen LogP contribution in [0.5, 0.6) is 0 Å². The Kier molecular flexibility index (Phi) is 2.93. The Labute approximate surface area is 156 Å². The van der Waals surface area contributed by atoms with Crippen LogP contribution in [-0.4, -0.2) is 29.6 Å². The van der Waals surface area contributed by atoms with Gasteiger partial charge in [0.25, 0.3) is 0 Å². The molecule has 0 unspecified atom stereocenters. The molecule has 0 amide bonds. The van der Waals surface area contributed by atoms with Crippen LogP contribution in [0.2, 0.25) is 0 Å². The summed E-state index contributed by atoms with van der Waals surface area (Å²) < 4.78 is 8.83. The second-order valence-electron chi connectivity index (χ2n) is 6.52. The molecule has 4 heterocycles. The summed E-state index contributed by atoms with van der Waals surface area (Å²) in [6.45, 7) is 0.350. The minimum absolute atomic E-state index is 0.350. The van der Waals surface area contributed by atoms with E-state index in [0.29, 0.717) is 29.0 Å². The SMILES string of the molecule is O=c1oc2ccccc2c2ccn3nc(Cn4nnc5ccccc54)nc3c12. The molecule has 6 rings (SSSR count). The number of rotatable bonds is 2. The lowest BCUT2D eigenvalue weighted by atomic mass is 10.1. The number of pyridine rings is 1. The van der Waals surface area contributed by atoms with Crippen molar-refractivity contribution < 1.29 is 4.42 Å². The molecule has 28 heavy (non-hydrogen) atoms. The highest BCUT2D eigenvalue weighted by molar-refractivity contribution is 6.08. The molecule has 0 N–H and O–H groups in total. The highest BCUT2D eigenvalue weighted by Gasteiger charge is 2.15. The highest BCUT2D eigenvalue weighted by atomic mass is 16.4. The van der Waals surface area contributed by atoms with Crippen molar-refractivity contribution in [2.24, 2.45) is 0 Å². The summed E-state index contributed by atoms with van der Waals surface area (Å²) in [5.41, 5.74) is 2.31. The lowest BCUT2D eigenvalue weighted by molar-refractivity contribution is 0.570. The predicted molar refractivity (Wildman–Crippen MR) is 103 cm³/mol. The van der Waals surface area contributed by atoms with Gasteiger partial charge in [0.15, 0.2) is 11.5 Å². The Bertz CT molecular complexity index is 1580. The zero-order valence-corrected chi connectivity index (χ0v) is 14.5. The van der Waals surface area contributed by atoms with Crippen molar-refractivity contribution in [2.45, 2.75) is 6.54 Å². The molecule has 4 aromatic heterocycles. The maximum absolute atomic E-state index is 12.6. The standard InChI is InChI=1S/C20H12N6O2/c27-20-18-13(12-5-1-4-8-16(12)28-20)9-10-25-19(18)21-17(23-25)11-26-15-7-3-2-6-14(15)22-24-26/h1-10H,11H2. The smallest absolute Gasteiger partial charge is 0.348 e. The van der Waals surface area contributed by atoms with Crippen LogP contribution in [0.25, 0.3) is 38.4 Å². The number of hydrogen-bond acceptors (Lipinski definition) is 6. The first-order valence-corrected chi connectivity index (χ1v) is 8.76. The molecule has 0 spiro atoms. The van der Waals surface area contributed by atoms with Crippen molar-refractivity contribution in [3.05, 3.63) is 77.0 Å². The van der Waals surface area contributed by atoms with Gasteiger partial charge in [-0.1, -0.05) is 35.5 Å². The zero-order chi connectivity index (χ0) is 18.7. The minimum Gasteiger partial charge on any atom is -0.422 e. The predicted octanol–water partition coefficient (Wildman–Crippen LogP) is 2.78. The molecule has 2 aromatic carbocycles. The minimum atomic E-state index is -0.426. The van der Waals surface area contributed by atoms with Crippen LogP contribution in [0, 0.1) is 0 Å². The molecule has 0 aliphatic rings. The highest BCUT2D eigenvalue weighted by Crippen LogP contribution is 2.24. The van der Waals surface area contributed by atoms with E-state index in [1.807, 2.05) is 48.5 Å². The topological polar surface area (TPSA) is 91.1 Å². The molecule has 8 nitrogen and oxygen atoms in total. The van der Waals surface area contributed by atoms with Crippen LogP contribution in [-0.2, 0) is 6.54 Å². The molecule has 0 fully saturated rings. The van der Waals surface area contributed by atoms with Crippen LogP contribution in [0.15, 0.2) is 70.0 Å². The van der Waals surface area contributed by atoms with Gasteiger partial charge in [0.2, 0.25) is 0 Å². The normalized spacial score (nSPS) is 11.9. The van der Waals surface area contributed by atoms with E-state index in [4.69, 9.17) is 4.42 Å². The maximum atomic E-state index is 12.6. The van der Waals surface area contributed by atoms with Gasteiger partial charge in [-0.3, -0.25) is 0 Å². The van der Waals surface area contributed by atoms with Gasteiger partial charge in [-0.05, 0) is 24.3 Å². The summed E-state index contributed by atoms with van der Waals surface area (Å²) in [6.07, 6.45) is 1.81. The van der Waals surface area contributed by atoms with Gasteiger partial charge in [-0.2, -0.15) is 0 Å². The van der Waals surface area contributed by atoms with Crippen LogP contribution < -0.4 is 5.63 Å². The van der Waals surface area contributed by atoms with Gasteiger partial charge in [-0.15, -0.1) is 10.2 Å².